The highest BCUT2D eigenvalue weighted by molar-refractivity contribution is 5.92. The van der Waals surface area contributed by atoms with E-state index in [0.29, 0.717) is 6.54 Å². The van der Waals surface area contributed by atoms with Crippen LogP contribution >= 0.6 is 0 Å². The van der Waals surface area contributed by atoms with Crippen molar-refractivity contribution in [2.24, 2.45) is 0 Å². The number of hydrogen-bond donors (Lipinski definition) is 2. The highest BCUT2D eigenvalue weighted by Crippen LogP contribution is 2.03. The molecule has 1 amide bonds. The molecule has 1 aromatic rings. The van der Waals surface area contributed by atoms with Crippen LogP contribution in [0, 0.1) is 0 Å². The van der Waals surface area contributed by atoms with Gasteiger partial charge in [0.05, 0.1) is 6.54 Å². The second-order valence-electron chi connectivity index (χ2n) is 4.14. The van der Waals surface area contributed by atoms with E-state index >= 15 is 0 Å². The van der Waals surface area contributed by atoms with Crippen LogP contribution in [0.2, 0.25) is 0 Å². The van der Waals surface area contributed by atoms with Gasteiger partial charge in [0.15, 0.2) is 0 Å². The van der Waals surface area contributed by atoms with E-state index in [1.165, 1.54) is 0 Å². The first-order chi connectivity index (χ1) is 8.83. The molecule has 0 saturated heterocycles. The van der Waals surface area contributed by atoms with Crippen LogP contribution in [-0.4, -0.2) is 32.7 Å². The lowest BCUT2D eigenvalue weighted by Crippen LogP contribution is -2.28. The molecule has 0 aliphatic carbocycles. The number of carbonyl (C=O) groups excluding carboxylic acids is 1. The lowest BCUT2D eigenvalue weighted by molar-refractivity contribution is -0.115. The number of amides is 1. The monoisotopic (exact) mass is 250 g/mol. The summed E-state index contributed by atoms with van der Waals surface area (Å²) in [6, 6.07) is 9.48. The second kappa shape index (κ2) is 9.62. The van der Waals surface area contributed by atoms with E-state index in [4.69, 9.17) is 4.74 Å². The lowest BCUT2D eigenvalue weighted by Gasteiger charge is -2.06. The van der Waals surface area contributed by atoms with Gasteiger partial charge in [-0.2, -0.15) is 0 Å². The van der Waals surface area contributed by atoms with Gasteiger partial charge in [-0.25, -0.2) is 0 Å². The van der Waals surface area contributed by atoms with Gasteiger partial charge in [-0.15, -0.1) is 0 Å². The molecule has 0 heterocycles. The van der Waals surface area contributed by atoms with Gasteiger partial charge in [0.25, 0.3) is 0 Å². The number of carbonyl (C=O) groups is 1. The fourth-order valence-corrected chi connectivity index (χ4v) is 1.60. The molecule has 0 spiro atoms. The van der Waals surface area contributed by atoms with Crippen LogP contribution in [0.4, 0.5) is 5.69 Å². The fourth-order valence-electron chi connectivity index (χ4n) is 1.60. The Morgan fingerprint density at radius 1 is 1.17 bits per heavy atom. The molecule has 0 aromatic heterocycles. The summed E-state index contributed by atoms with van der Waals surface area (Å²) < 4.78 is 4.97. The predicted molar refractivity (Wildman–Crippen MR) is 73.7 cm³/mol. The first-order valence-electron chi connectivity index (χ1n) is 6.37. The molecule has 100 valence electrons. The van der Waals surface area contributed by atoms with Gasteiger partial charge in [0.2, 0.25) is 5.91 Å². The molecule has 0 unspecified atom stereocenters. The van der Waals surface area contributed by atoms with Crippen molar-refractivity contribution in [1.29, 1.82) is 0 Å². The topological polar surface area (TPSA) is 50.4 Å². The molecular formula is C14H22N2O2. The average molecular weight is 250 g/mol. The van der Waals surface area contributed by atoms with Crippen LogP contribution in [0.15, 0.2) is 30.3 Å². The van der Waals surface area contributed by atoms with E-state index in [1.807, 2.05) is 30.3 Å². The van der Waals surface area contributed by atoms with Crippen molar-refractivity contribution in [3.63, 3.8) is 0 Å². The number of anilines is 1. The fraction of sp³-hybridized carbons (Fsp3) is 0.500. The van der Waals surface area contributed by atoms with Gasteiger partial charge in [-0.05, 0) is 37.9 Å². The van der Waals surface area contributed by atoms with Crippen molar-refractivity contribution in [1.82, 2.24) is 5.32 Å². The minimum absolute atomic E-state index is 0.00177. The molecular weight excluding hydrogens is 228 g/mol. The SMILES string of the molecule is COCCCCCNCC(=O)Nc1ccccc1. The lowest BCUT2D eigenvalue weighted by atomic mass is 10.2. The average Bonchev–Trinajstić information content (AvgIpc) is 2.39. The maximum absolute atomic E-state index is 11.6. The molecule has 0 saturated carbocycles. The minimum atomic E-state index is -0.00177. The van der Waals surface area contributed by atoms with Crippen molar-refractivity contribution in [2.75, 3.05) is 32.1 Å². The zero-order chi connectivity index (χ0) is 13.1. The molecule has 4 nitrogen and oxygen atoms in total. The van der Waals surface area contributed by atoms with Crippen molar-refractivity contribution in [2.45, 2.75) is 19.3 Å². The third-order valence-corrected chi connectivity index (χ3v) is 2.55. The molecule has 4 heteroatoms. The zero-order valence-electron chi connectivity index (χ0n) is 10.9. The Bertz CT molecular complexity index is 328. The third-order valence-electron chi connectivity index (χ3n) is 2.55. The number of nitrogens with one attached hydrogen (secondary N) is 2. The molecule has 2 N–H and O–H groups in total. The maximum atomic E-state index is 11.6. The summed E-state index contributed by atoms with van der Waals surface area (Å²) in [4.78, 5) is 11.6. The van der Waals surface area contributed by atoms with Crippen molar-refractivity contribution in [3.05, 3.63) is 30.3 Å². The van der Waals surface area contributed by atoms with E-state index in [1.54, 1.807) is 7.11 Å². The number of rotatable bonds is 9. The summed E-state index contributed by atoms with van der Waals surface area (Å²) in [7, 11) is 1.71. The maximum Gasteiger partial charge on any atom is 0.238 e. The van der Waals surface area contributed by atoms with E-state index in [9.17, 15) is 4.79 Å². The van der Waals surface area contributed by atoms with Crippen LogP contribution in [0.3, 0.4) is 0 Å². The number of methoxy groups -OCH3 is 1. The van der Waals surface area contributed by atoms with Gasteiger partial charge < -0.3 is 15.4 Å². The molecule has 0 bridgehead atoms. The normalized spacial score (nSPS) is 10.3. The highest BCUT2D eigenvalue weighted by atomic mass is 16.5. The summed E-state index contributed by atoms with van der Waals surface area (Å²) in [5.74, 6) is -0.00177. The summed E-state index contributed by atoms with van der Waals surface area (Å²) >= 11 is 0. The molecule has 1 aromatic carbocycles. The van der Waals surface area contributed by atoms with Gasteiger partial charge >= 0.3 is 0 Å². The van der Waals surface area contributed by atoms with Gasteiger partial charge in [-0.3, -0.25) is 4.79 Å². The van der Waals surface area contributed by atoms with Gasteiger partial charge in [-0.1, -0.05) is 18.2 Å². The van der Waals surface area contributed by atoms with Crippen LogP contribution in [0.1, 0.15) is 19.3 Å². The zero-order valence-corrected chi connectivity index (χ0v) is 10.9. The van der Waals surface area contributed by atoms with Crippen LogP contribution in [0.25, 0.3) is 0 Å². The summed E-state index contributed by atoms with van der Waals surface area (Å²) in [6.07, 6.45) is 3.28. The third kappa shape index (κ3) is 7.04. The number of unbranched alkanes of at least 4 members (excludes halogenated alkanes) is 2. The Morgan fingerprint density at radius 3 is 2.67 bits per heavy atom. The molecule has 0 aliphatic heterocycles. The quantitative estimate of drug-likeness (QED) is 0.659. The molecule has 0 atom stereocenters. The molecule has 18 heavy (non-hydrogen) atoms. The summed E-state index contributed by atoms with van der Waals surface area (Å²) in [5.41, 5.74) is 0.837. The van der Waals surface area contributed by atoms with Crippen molar-refractivity contribution >= 4 is 11.6 Å². The summed E-state index contributed by atoms with van der Waals surface area (Å²) in [5, 5.41) is 5.96. The van der Waals surface area contributed by atoms with E-state index < -0.39 is 0 Å². The van der Waals surface area contributed by atoms with E-state index in [0.717, 1.165) is 38.1 Å². The Balaban J connectivity index is 2.00. The Kier molecular flexibility index (Phi) is 7.84. The summed E-state index contributed by atoms with van der Waals surface area (Å²) in [6.45, 7) is 2.04. The van der Waals surface area contributed by atoms with Crippen LogP contribution < -0.4 is 10.6 Å². The first kappa shape index (κ1) is 14.7. The van der Waals surface area contributed by atoms with Crippen molar-refractivity contribution in [3.8, 4) is 0 Å². The number of benzene rings is 1. The van der Waals surface area contributed by atoms with E-state index in [-0.39, 0.29) is 5.91 Å². The van der Waals surface area contributed by atoms with Gasteiger partial charge in [0.1, 0.15) is 0 Å². The number of hydrogen-bond acceptors (Lipinski definition) is 3. The smallest absolute Gasteiger partial charge is 0.238 e. The van der Waals surface area contributed by atoms with E-state index in [2.05, 4.69) is 10.6 Å². The Labute approximate surface area is 109 Å². The number of para-hydroxylation sites is 1. The van der Waals surface area contributed by atoms with Crippen LogP contribution in [0.5, 0.6) is 0 Å². The van der Waals surface area contributed by atoms with Crippen molar-refractivity contribution < 1.29 is 9.53 Å². The predicted octanol–water partition coefficient (Wildman–Crippen LogP) is 2.03. The van der Waals surface area contributed by atoms with Crippen LogP contribution in [-0.2, 0) is 9.53 Å². The first-order valence-corrected chi connectivity index (χ1v) is 6.37. The Hall–Kier alpha value is -1.39. The van der Waals surface area contributed by atoms with Gasteiger partial charge in [0, 0.05) is 19.4 Å². The standard InChI is InChI=1S/C14H22N2O2/c1-18-11-7-3-6-10-15-12-14(17)16-13-8-4-2-5-9-13/h2,4-5,8-9,15H,3,6-7,10-12H2,1H3,(H,16,17). The molecule has 0 radical (unpaired) electrons. The minimum Gasteiger partial charge on any atom is -0.385 e. The Morgan fingerprint density at radius 2 is 1.94 bits per heavy atom. The molecule has 1 rings (SSSR count). The molecule has 0 fully saturated rings. The number of ether oxygens (including phenoxy) is 1. The largest absolute Gasteiger partial charge is 0.385 e. The molecule has 0 aliphatic rings. The highest BCUT2D eigenvalue weighted by Gasteiger charge is 2.00. The second-order valence-corrected chi connectivity index (χ2v) is 4.14.